The molecule has 2 bridgehead atoms. The molecule has 142 valence electrons. The van der Waals surface area contributed by atoms with Gasteiger partial charge in [0.05, 0.1) is 23.7 Å². The maximum atomic E-state index is 10.7. The summed E-state index contributed by atoms with van der Waals surface area (Å²) in [6, 6.07) is 0. The molecule has 2 fully saturated rings. The van der Waals surface area contributed by atoms with Gasteiger partial charge in [-0.3, -0.25) is 0 Å². The Balaban J connectivity index is 1.39. The van der Waals surface area contributed by atoms with E-state index in [9.17, 15) is 5.11 Å². The molecular formula is C21H32N4O. The summed E-state index contributed by atoms with van der Waals surface area (Å²) in [6.07, 6.45) is 9.79. The zero-order chi connectivity index (χ0) is 18.3. The summed E-state index contributed by atoms with van der Waals surface area (Å²) in [5.41, 5.74) is 2.96. The summed E-state index contributed by atoms with van der Waals surface area (Å²) < 4.78 is 0. The third-order valence-corrected chi connectivity index (χ3v) is 6.50. The molecule has 1 aliphatic heterocycles. The largest absolute Gasteiger partial charge is 0.389 e. The highest BCUT2D eigenvalue weighted by molar-refractivity contribution is 5.50. The Morgan fingerprint density at radius 3 is 2.54 bits per heavy atom. The summed E-state index contributed by atoms with van der Waals surface area (Å²) in [7, 11) is 0. The van der Waals surface area contributed by atoms with Crippen LogP contribution in [0.1, 0.15) is 59.3 Å². The van der Waals surface area contributed by atoms with Crippen LogP contribution < -0.4 is 10.2 Å². The van der Waals surface area contributed by atoms with Crippen molar-refractivity contribution < 1.29 is 5.11 Å². The second-order valence-corrected chi connectivity index (χ2v) is 9.14. The molecular weight excluding hydrogens is 324 g/mol. The van der Waals surface area contributed by atoms with Gasteiger partial charge in [0.25, 0.3) is 0 Å². The molecule has 5 heteroatoms. The van der Waals surface area contributed by atoms with Gasteiger partial charge in [-0.05, 0) is 55.4 Å². The normalized spacial score (nSPS) is 29.6. The SMILES string of the molecule is CC1CC2=C(Nc3cnc(N4CCC(C(C)C)CC4)nc3)CC(O)(C2)C1. The van der Waals surface area contributed by atoms with E-state index in [1.807, 2.05) is 12.4 Å². The quantitative estimate of drug-likeness (QED) is 0.855. The fraction of sp³-hybridized carbons (Fsp3) is 0.714. The number of hydrogen-bond donors (Lipinski definition) is 2. The van der Waals surface area contributed by atoms with Crippen molar-refractivity contribution in [1.82, 2.24) is 9.97 Å². The predicted molar refractivity (Wildman–Crippen MR) is 105 cm³/mol. The van der Waals surface area contributed by atoms with Crippen molar-refractivity contribution in [3.8, 4) is 0 Å². The van der Waals surface area contributed by atoms with Crippen molar-refractivity contribution in [2.45, 2.75) is 64.9 Å². The molecule has 2 aliphatic carbocycles. The van der Waals surface area contributed by atoms with Crippen LogP contribution in [-0.2, 0) is 0 Å². The smallest absolute Gasteiger partial charge is 0.225 e. The Hall–Kier alpha value is -1.62. The van der Waals surface area contributed by atoms with E-state index in [1.165, 1.54) is 24.1 Å². The minimum absolute atomic E-state index is 0.531. The second-order valence-electron chi connectivity index (χ2n) is 9.14. The van der Waals surface area contributed by atoms with Crippen molar-refractivity contribution in [3.63, 3.8) is 0 Å². The molecule has 0 aromatic carbocycles. The third kappa shape index (κ3) is 3.59. The first kappa shape index (κ1) is 17.8. The molecule has 2 N–H and O–H groups in total. The number of aromatic nitrogens is 2. The number of rotatable bonds is 4. The first-order valence-corrected chi connectivity index (χ1v) is 10.2. The topological polar surface area (TPSA) is 61.3 Å². The summed E-state index contributed by atoms with van der Waals surface area (Å²) in [5, 5.41) is 14.2. The van der Waals surface area contributed by atoms with Crippen molar-refractivity contribution >= 4 is 11.6 Å². The highest BCUT2D eigenvalue weighted by Gasteiger charge is 2.42. The predicted octanol–water partition coefficient (Wildman–Crippen LogP) is 3.97. The monoisotopic (exact) mass is 356 g/mol. The van der Waals surface area contributed by atoms with Crippen LogP contribution in [0, 0.1) is 17.8 Å². The van der Waals surface area contributed by atoms with E-state index in [1.54, 1.807) is 0 Å². The molecule has 1 aromatic rings. The first-order chi connectivity index (χ1) is 12.4. The average molecular weight is 357 g/mol. The number of nitrogens with one attached hydrogen (secondary N) is 1. The Labute approximate surface area is 156 Å². The summed E-state index contributed by atoms with van der Waals surface area (Å²) in [5.74, 6) is 3.00. The van der Waals surface area contributed by atoms with Crippen LogP contribution >= 0.6 is 0 Å². The van der Waals surface area contributed by atoms with E-state index < -0.39 is 5.60 Å². The average Bonchev–Trinajstić information content (AvgIpc) is 2.84. The number of fused-ring (bicyclic) bond motifs is 2. The van der Waals surface area contributed by atoms with Gasteiger partial charge in [0.15, 0.2) is 0 Å². The Bertz CT molecular complexity index is 676. The van der Waals surface area contributed by atoms with Crippen LogP contribution in [0.5, 0.6) is 0 Å². The maximum absolute atomic E-state index is 10.7. The van der Waals surface area contributed by atoms with Gasteiger partial charge in [0, 0.05) is 25.2 Å². The molecule has 0 radical (unpaired) electrons. The molecule has 5 nitrogen and oxygen atoms in total. The lowest BCUT2D eigenvalue weighted by Crippen LogP contribution is -2.36. The summed E-state index contributed by atoms with van der Waals surface area (Å²) >= 11 is 0. The summed E-state index contributed by atoms with van der Waals surface area (Å²) in [4.78, 5) is 11.5. The number of anilines is 2. The van der Waals surface area contributed by atoms with E-state index in [0.717, 1.165) is 62.2 Å². The molecule has 26 heavy (non-hydrogen) atoms. The van der Waals surface area contributed by atoms with Crippen molar-refractivity contribution in [3.05, 3.63) is 23.7 Å². The van der Waals surface area contributed by atoms with Gasteiger partial charge >= 0.3 is 0 Å². The Morgan fingerprint density at radius 1 is 1.19 bits per heavy atom. The molecule has 2 heterocycles. The molecule has 4 rings (SSSR count). The van der Waals surface area contributed by atoms with E-state index in [2.05, 4.69) is 41.0 Å². The lowest BCUT2D eigenvalue weighted by atomic mass is 9.80. The highest BCUT2D eigenvalue weighted by Crippen LogP contribution is 2.47. The van der Waals surface area contributed by atoms with Crippen LogP contribution in [0.15, 0.2) is 23.7 Å². The molecule has 1 aromatic heterocycles. The van der Waals surface area contributed by atoms with Gasteiger partial charge in [0.1, 0.15) is 0 Å². The van der Waals surface area contributed by atoms with Gasteiger partial charge in [-0.25, -0.2) is 9.97 Å². The van der Waals surface area contributed by atoms with Crippen LogP contribution in [0.2, 0.25) is 0 Å². The number of hydrogen-bond acceptors (Lipinski definition) is 5. The van der Waals surface area contributed by atoms with Crippen molar-refractivity contribution in [2.75, 3.05) is 23.3 Å². The van der Waals surface area contributed by atoms with E-state index >= 15 is 0 Å². The zero-order valence-corrected chi connectivity index (χ0v) is 16.3. The lowest BCUT2D eigenvalue weighted by Gasteiger charge is -2.33. The van der Waals surface area contributed by atoms with Crippen LogP contribution in [0.3, 0.4) is 0 Å². The molecule has 1 saturated carbocycles. The van der Waals surface area contributed by atoms with Gasteiger partial charge < -0.3 is 15.3 Å². The van der Waals surface area contributed by atoms with E-state index in [-0.39, 0.29) is 0 Å². The standard InChI is InChI=1S/C21H32N4O/c1-14(2)16-4-6-25(7-5-16)20-22-12-18(13-23-20)24-19-11-21(26)9-15(3)8-17(19)10-21/h12-16,24,26H,4-11H2,1-3H3. The maximum Gasteiger partial charge on any atom is 0.225 e. The minimum Gasteiger partial charge on any atom is -0.389 e. The van der Waals surface area contributed by atoms with Gasteiger partial charge in [0.2, 0.25) is 5.95 Å². The minimum atomic E-state index is -0.531. The van der Waals surface area contributed by atoms with Crippen LogP contribution in [-0.4, -0.2) is 33.8 Å². The van der Waals surface area contributed by atoms with Gasteiger partial charge in [-0.15, -0.1) is 0 Å². The lowest BCUT2D eigenvalue weighted by molar-refractivity contribution is 0.0173. The summed E-state index contributed by atoms with van der Waals surface area (Å²) in [6.45, 7) is 8.98. The molecule has 0 spiro atoms. The number of aliphatic hydroxyl groups is 1. The molecule has 2 unspecified atom stereocenters. The fourth-order valence-corrected chi connectivity index (χ4v) is 5.12. The third-order valence-electron chi connectivity index (χ3n) is 6.50. The van der Waals surface area contributed by atoms with Gasteiger partial charge in [-0.2, -0.15) is 0 Å². The van der Waals surface area contributed by atoms with E-state index in [4.69, 9.17) is 0 Å². The molecule has 1 saturated heterocycles. The molecule has 3 aliphatic rings. The second kappa shape index (κ2) is 6.84. The van der Waals surface area contributed by atoms with Crippen molar-refractivity contribution in [1.29, 1.82) is 0 Å². The Kier molecular flexibility index (Phi) is 4.68. The fourth-order valence-electron chi connectivity index (χ4n) is 5.12. The highest BCUT2D eigenvalue weighted by atomic mass is 16.3. The molecule has 0 amide bonds. The first-order valence-electron chi connectivity index (χ1n) is 10.2. The van der Waals surface area contributed by atoms with Crippen LogP contribution in [0.4, 0.5) is 11.6 Å². The Morgan fingerprint density at radius 2 is 1.88 bits per heavy atom. The molecule has 2 atom stereocenters. The van der Waals surface area contributed by atoms with E-state index in [0.29, 0.717) is 5.92 Å². The number of piperidine rings is 1. The van der Waals surface area contributed by atoms with Crippen LogP contribution in [0.25, 0.3) is 0 Å². The zero-order valence-electron chi connectivity index (χ0n) is 16.3. The number of nitrogens with zero attached hydrogens (tertiary/aromatic N) is 3. The van der Waals surface area contributed by atoms with Crippen molar-refractivity contribution in [2.24, 2.45) is 17.8 Å². The van der Waals surface area contributed by atoms with Gasteiger partial charge in [-0.1, -0.05) is 20.8 Å².